The number of hydrogen-bond donors (Lipinski definition) is 1. The first-order valence-corrected chi connectivity index (χ1v) is 6.81. The standard InChI is InChI=1S/C14H15FN2S/c15-13-8-12(10-17-11-13)9-16-6-7-18-14-4-2-1-3-5-14/h1-5,8,10-11,16H,6-7,9H2. The van der Waals surface area contributed by atoms with Gasteiger partial charge in [-0.3, -0.25) is 4.98 Å². The molecule has 2 nitrogen and oxygen atoms in total. The molecule has 0 atom stereocenters. The maximum atomic E-state index is 12.9. The number of nitrogens with zero attached hydrogens (tertiary/aromatic N) is 1. The van der Waals surface area contributed by atoms with Crippen LogP contribution in [0.4, 0.5) is 4.39 Å². The van der Waals surface area contributed by atoms with E-state index < -0.39 is 0 Å². The quantitative estimate of drug-likeness (QED) is 0.639. The van der Waals surface area contributed by atoms with Gasteiger partial charge in [0.25, 0.3) is 0 Å². The van der Waals surface area contributed by atoms with E-state index in [-0.39, 0.29) is 5.82 Å². The Bertz CT molecular complexity index is 476. The lowest BCUT2D eigenvalue weighted by Crippen LogP contribution is -2.16. The van der Waals surface area contributed by atoms with Crippen molar-refractivity contribution in [1.82, 2.24) is 10.3 Å². The van der Waals surface area contributed by atoms with Crippen LogP contribution in [0.1, 0.15) is 5.56 Å². The SMILES string of the molecule is Fc1cncc(CNCCSc2ccccc2)c1. The molecule has 0 spiro atoms. The van der Waals surface area contributed by atoms with Crippen LogP contribution in [0.5, 0.6) is 0 Å². The molecular formula is C14H15FN2S. The fourth-order valence-corrected chi connectivity index (χ4v) is 2.37. The van der Waals surface area contributed by atoms with Crippen molar-refractivity contribution in [2.45, 2.75) is 11.4 Å². The number of nitrogens with one attached hydrogen (secondary N) is 1. The Morgan fingerprint density at radius 2 is 2.00 bits per heavy atom. The van der Waals surface area contributed by atoms with Crippen molar-refractivity contribution in [3.8, 4) is 0 Å². The summed E-state index contributed by atoms with van der Waals surface area (Å²) in [6.07, 6.45) is 2.90. The molecule has 2 rings (SSSR count). The first-order chi connectivity index (χ1) is 8.84. The van der Waals surface area contributed by atoms with Gasteiger partial charge in [-0.25, -0.2) is 4.39 Å². The van der Waals surface area contributed by atoms with E-state index in [9.17, 15) is 4.39 Å². The highest BCUT2D eigenvalue weighted by atomic mass is 32.2. The maximum absolute atomic E-state index is 12.9. The number of aromatic nitrogens is 1. The highest BCUT2D eigenvalue weighted by Crippen LogP contribution is 2.15. The Morgan fingerprint density at radius 3 is 2.78 bits per heavy atom. The van der Waals surface area contributed by atoms with Crippen LogP contribution in [0.25, 0.3) is 0 Å². The smallest absolute Gasteiger partial charge is 0.141 e. The maximum Gasteiger partial charge on any atom is 0.141 e. The van der Waals surface area contributed by atoms with Crippen LogP contribution in [-0.4, -0.2) is 17.3 Å². The topological polar surface area (TPSA) is 24.9 Å². The number of benzene rings is 1. The van der Waals surface area contributed by atoms with Crippen molar-refractivity contribution in [2.24, 2.45) is 0 Å². The first kappa shape index (κ1) is 13.1. The third-order valence-corrected chi connectivity index (χ3v) is 3.40. The van der Waals surface area contributed by atoms with E-state index in [1.54, 1.807) is 18.0 Å². The first-order valence-electron chi connectivity index (χ1n) is 5.82. The lowest BCUT2D eigenvalue weighted by molar-refractivity contribution is 0.614. The molecule has 0 aliphatic heterocycles. The third kappa shape index (κ3) is 4.47. The van der Waals surface area contributed by atoms with Crippen molar-refractivity contribution in [3.05, 3.63) is 60.2 Å². The van der Waals surface area contributed by atoms with Gasteiger partial charge in [-0.1, -0.05) is 18.2 Å². The highest BCUT2D eigenvalue weighted by Gasteiger charge is 1.96. The molecule has 0 fully saturated rings. The molecular weight excluding hydrogens is 247 g/mol. The summed E-state index contributed by atoms with van der Waals surface area (Å²) in [5.74, 6) is 0.709. The van der Waals surface area contributed by atoms with Crippen LogP contribution < -0.4 is 5.32 Å². The summed E-state index contributed by atoms with van der Waals surface area (Å²) in [7, 11) is 0. The summed E-state index contributed by atoms with van der Waals surface area (Å²) in [5.41, 5.74) is 0.875. The molecule has 1 N–H and O–H groups in total. The molecule has 18 heavy (non-hydrogen) atoms. The van der Waals surface area contributed by atoms with Gasteiger partial charge in [-0.15, -0.1) is 11.8 Å². The zero-order valence-corrected chi connectivity index (χ0v) is 10.8. The highest BCUT2D eigenvalue weighted by molar-refractivity contribution is 7.99. The van der Waals surface area contributed by atoms with Crippen LogP contribution in [0, 0.1) is 5.82 Å². The van der Waals surface area contributed by atoms with E-state index in [0.717, 1.165) is 17.9 Å². The molecule has 0 bridgehead atoms. The van der Waals surface area contributed by atoms with E-state index in [4.69, 9.17) is 0 Å². The molecule has 0 saturated heterocycles. The molecule has 2 aromatic rings. The van der Waals surface area contributed by atoms with Gasteiger partial charge in [0.2, 0.25) is 0 Å². The fourth-order valence-electron chi connectivity index (χ4n) is 1.54. The average molecular weight is 262 g/mol. The van der Waals surface area contributed by atoms with Gasteiger partial charge in [0.1, 0.15) is 5.82 Å². The zero-order valence-electron chi connectivity index (χ0n) is 9.97. The van der Waals surface area contributed by atoms with Crippen molar-refractivity contribution >= 4 is 11.8 Å². The van der Waals surface area contributed by atoms with Gasteiger partial charge in [-0.05, 0) is 23.8 Å². The van der Waals surface area contributed by atoms with Gasteiger partial charge in [0.15, 0.2) is 0 Å². The molecule has 94 valence electrons. The number of thioether (sulfide) groups is 1. The Kier molecular flexibility index (Phi) is 5.17. The van der Waals surface area contributed by atoms with Crippen molar-refractivity contribution in [1.29, 1.82) is 0 Å². The molecule has 0 amide bonds. The molecule has 0 saturated carbocycles. The van der Waals surface area contributed by atoms with Crippen LogP contribution in [0.3, 0.4) is 0 Å². The van der Waals surface area contributed by atoms with E-state index >= 15 is 0 Å². The minimum absolute atomic E-state index is 0.284. The summed E-state index contributed by atoms with van der Waals surface area (Å²) in [6.45, 7) is 1.54. The van der Waals surface area contributed by atoms with Gasteiger partial charge < -0.3 is 5.32 Å². The van der Waals surface area contributed by atoms with Gasteiger partial charge in [-0.2, -0.15) is 0 Å². The zero-order chi connectivity index (χ0) is 12.6. The van der Waals surface area contributed by atoms with Crippen LogP contribution >= 0.6 is 11.8 Å². The Hall–Kier alpha value is -1.39. The minimum atomic E-state index is -0.284. The summed E-state index contributed by atoms with van der Waals surface area (Å²) in [5, 5.41) is 3.27. The Balaban J connectivity index is 1.65. The van der Waals surface area contributed by atoms with Crippen LogP contribution in [0.15, 0.2) is 53.7 Å². The molecule has 0 aliphatic rings. The van der Waals surface area contributed by atoms with Gasteiger partial charge in [0.05, 0.1) is 6.20 Å². The van der Waals surface area contributed by atoms with Crippen molar-refractivity contribution in [3.63, 3.8) is 0 Å². The third-order valence-electron chi connectivity index (χ3n) is 2.38. The van der Waals surface area contributed by atoms with E-state index in [1.807, 2.05) is 18.2 Å². The minimum Gasteiger partial charge on any atom is -0.312 e. The second-order valence-corrected chi connectivity index (χ2v) is 5.02. The van der Waals surface area contributed by atoms with Crippen molar-refractivity contribution < 1.29 is 4.39 Å². The number of hydrogen-bond acceptors (Lipinski definition) is 3. The molecule has 1 heterocycles. The number of halogens is 1. The lowest BCUT2D eigenvalue weighted by atomic mass is 10.3. The van der Waals surface area contributed by atoms with Gasteiger partial charge >= 0.3 is 0 Å². The second kappa shape index (κ2) is 7.13. The predicted octanol–water partition coefficient (Wildman–Crippen LogP) is 3.10. The largest absolute Gasteiger partial charge is 0.312 e. The Labute approximate surface area is 111 Å². The normalized spacial score (nSPS) is 10.5. The lowest BCUT2D eigenvalue weighted by Gasteiger charge is -2.04. The summed E-state index contributed by atoms with van der Waals surface area (Å²) in [6, 6.07) is 11.8. The molecule has 1 aromatic heterocycles. The fraction of sp³-hybridized carbons (Fsp3) is 0.214. The molecule has 4 heteroatoms. The van der Waals surface area contributed by atoms with E-state index in [1.165, 1.54) is 17.2 Å². The molecule has 0 radical (unpaired) electrons. The Morgan fingerprint density at radius 1 is 1.17 bits per heavy atom. The molecule has 0 aliphatic carbocycles. The van der Waals surface area contributed by atoms with Gasteiger partial charge in [0, 0.05) is 29.9 Å². The summed E-state index contributed by atoms with van der Waals surface area (Å²) in [4.78, 5) is 5.08. The van der Waals surface area contributed by atoms with Crippen LogP contribution in [-0.2, 0) is 6.54 Å². The summed E-state index contributed by atoms with van der Waals surface area (Å²) >= 11 is 1.81. The van der Waals surface area contributed by atoms with Crippen LogP contribution in [0.2, 0.25) is 0 Å². The number of rotatable bonds is 6. The molecule has 0 unspecified atom stereocenters. The summed E-state index contributed by atoms with van der Waals surface area (Å²) < 4.78 is 12.9. The average Bonchev–Trinajstić information content (AvgIpc) is 2.40. The monoisotopic (exact) mass is 262 g/mol. The van der Waals surface area contributed by atoms with Crippen molar-refractivity contribution in [2.75, 3.05) is 12.3 Å². The second-order valence-electron chi connectivity index (χ2n) is 3.85. The predicted molar refractivity (Wildman–Crippen MR) is 73.1 cm³/mol. The van der Waals surface area contributed by atoms with E-state index in [0.29, 0.717) is 6.54 Å². The number of pyridine rings is 1. The van der Waals surface area contributed by atoms with E-state index in [2.05, 4.69) is 22.4 Å². The molecule has 1 aromatic carbocycles.